The third kappa shape index (κ3) is 6.38. The molecule has 0 spiro atoms. The van der Waals surface area contributed by atoms with Gasteiger partial charge in [0.15, 0.2) is 23.6 Å². The highest BCUT2D eigenvalue weighted by Crippen LogP contribution is 2.24. The quantitative estimate of drug-likeness (QED) is 0.288. The zero-order valence-corrected chi connectivity index (χ0v) is 21.1. The Morgan fingerprint density at radius 2 is 1.84 bits per heavy atom. The van der Waals surface area contributed by atoms with Gasteiger partial charge in [0.25, 0.3) is 0 Å². The molecule has 1 atom stereocenters. The maximum Gasteiger partial charge on any atom is 0.416 e. The Labute approximate surface area is 219 Å². The number of aliphatic hydroxyl groups excluding tert-OH is 1. The van der Waals surface area contributed by atoms with Crippen LogP contribution in [0.15, 0.2) is 53.5 Å². The summed E-state index contributed by atoms with van der Waals surface area (Å²) >= 11 is 5.93. The van der Waals surface area contributed by atoms with Gasteiger partial charge in [0, 0.05) is 28.9 Å². The van der Waals surface area contributed by atoms with E-state index in [0.29, 0.717) is 28.9 Å². The van der Waals surface area contributed by atoms with E-state index in [1.165, 1.54) is 28.9 Å². The van der Waals surface area contributed by atoms with Gasteiger partial charge in [0.2, 0.25) is 5.95 Å². The Morgan fingerprint density at radius 1 is 1.13 bits per heavy atom. The molecule has 0 fully saturated rings. The van der Waals surface area contributed by atoms with E-state index < -0.39 is 30.1 Å². The summed E-state index contributed by atoms with van der Waals surface area (Å²) in [4.78, 5) is 21.9. The fourth-order valence-corrected chi connectivity index (χ4v) is 3.54. The van der Waals surface area contributed by atoms with E-state index in [-0.39, 0.29) is 18.2 Å². The van der Waals surface area contributed by atoms with Gasteiger partial charge >= 0.3 is 11.9 Å². The van der Waals surface area contributed by atoms with Crippen molar-refractivity contribution in [2.45, 2.75) is 44.8 Å². The molecule has 4 rings (SSSR count). The SMILES string of the molecule is CC(C)(N)CNc1nc(Cn2nc(-c3ccc(Cl)cc3)n(CC(O)C(F)(F)F)c2=O)nn1-c1ccccn1. The number of alkyl halides is 3. The van der Waals surface area contributed by atoms with Crippen LogP contribution in [-0.4, -0.2) is 63.6 Å². The molecule has 11 nitrogen and oxygen atoms in total. The number of hydrogen-bond donors (Lipinski definition) is 3. The molecule has 0 saturated carbocycles. The summed E-state index contributed by atoms with van der Waals surface area (Å²) in [6.45, 7) is 2.66. The van der Waals surface area contributed by atoms with Crippen LogP contribution in [0.1, 0.15) is 19.7 Å². The molecule has 0 saturated heterocycles. The lowest BCUT2D eigenvalue weighted by atomic mass is 10.1. The molecule has 4 aromatic rings. The largest absolute Gasteiger partial charge is 0.416 e. The van der Waals surface area contributed by atoms with Gasteiger partial charge in [-0.1, -0.05) is 17.7 Å². The Kier molecular flexibility index (Phi) is 7.58. The van der Waals surface area contributed by atoms with Gasteiger partial charge in [-0.05, 0) is 50.2 Å². The monoisotopic (exact) mass is 551 g/mol. The zero-order valence-electron chi connectivity index (χ0n) is 20.4. The van der Waals surface area contributed by atoms with Crippen molar-refractivity contribution < 1.29 is 18.3 Å². The number of aromatic nitrogens is 7. The molecule has 15 heteroatoms. The minimum atomic E-state index is -4.93. The molecule has 1 unspecified atom stereocenters. The lowest BCUT2D eigenvalue weighted by Gasteiger charge is -2.19. The number of anilines is 1. The molecule has 0 bridgehead atoms. The molecule has 38 heavy (non-hydrogen) atoms. The van der Waals surface area contributed by atoms with Crippen LogP contribution >= 0.6 is 11.6 Å². The van der Waals surface area contributed by atoms with Crippen LogP contribution in [0.25, 0.3) is 17.2 Å². The van der Waals surface area contributed by atoms with Crippen LogP contribution in [0.2, 0.25) is 5.02 Å². The van der Waals surface area contributed by atoms with E-state index in [4.69, 9.17) is 17.3 Å². The average Bonchev–Trinajstić information content (AvgIpc) is 3.39. The summed E-state index contributed by atoms with van der Waals surface area (Å²) in [6.07, 6.45) is -6.14. The summed E-state index contributed by atoms with van der Waals surface area (Å²) < 4.78 is 42.5. The number of hydrogen-bond acceptors (Lipinski definition) is 8. The maximum atomic E-state index is 13.2. The van der Waals surface area contributed by atoms with Crippen molar-refractivity contribution in [2.24, 2.45) is 5.73 Å². The molecule has 0 radical (unpaired) electrons. The highest BCUT2D eigenvalue weighted by Gasteiger charge is 2.39. The normalized spacial score (nSPS) is 13.1. The van der Waals surface area contributed by atoms with Gasteiger partial charge in [-0.3, -0.25) is 4.57 Å². The summed E-state index contributed by atoms with van der Waals surface area (Å²) in [6, 6.07) is 11.2. The molecule has 0 aliphatic carbocycles. The second-order valence-corrected chi connectivity index (χ2v) is 9.67. The first-order valence-electron chi connectivity index (χ1n) is 11.4. The summed E-state index contributed by atoms with van der Waals surface area (Å²) in [5.41, 5.74) is 4.94. The van der Waals surface area contributed by atoms with Crippen LogP contribution in [0.3, 0.4) is 0 Å². The molecule has 0 aliphatic rings. The molecule has 3 aromatic heterocycles. The number of aliphatic hydroxyl groups is 1. The highest BCUT2D eigenvalue weighted by atomic mass is 35.5. The third-order valence-corrected chi connectivity index (χ3v) is 5.52. The van der Waals surface area contributed by atoms with Gasteiger partial charge in [-0.2, -0.15) is 22.8 Å². The van der Waals surface area contributed by atoms with E-state index in [1.807, 2.05) is 13.8 Å². The number of pyridine rings is 1. The first-order chi connectivity index (χ1) is 17.8. The van der Waals surface area contributed by atoms with Crippen molar-refractivity contribution in [3.63, 3.8) is 0 Å². The molecule has 202 valence electrons. The Balaban J connectivity index is 1.74. The van der Waals surface area contributed by atoms with E-state index >= 15 is 0 Å². The molecular weight excluding hydrogens is 527 g/mol. The van der Waals surface area contributed by atoms with E-state index in [2.05, 4.69) is 25.5 Å². The van der Waals surface area contributed by atoms with Gasteiger partial charge in [-0.15, -0.1) is 10.2 Å². The Hall–Kier alpha value is -3.75. The number of nitrogens with two attached hydrogens (primary N) is 1. The fourth-order valence-electron chi connectivity index (χ4n) is 3.41. The Morgan fingerprint density at radius 3 is 2.45 bits per heavy atom. The lowest BCUT2D eigenvalue weighted by Crippen LogP contribution is -2.40. The van der Waals surface area contributed by atoms with Crippen LogP contribution in [-0.2, 0) is 13.1 Å². The van der Waals surface area contributed by atoms with Crippen LogP contribution in [0.5, 0.6) is 0 Å². The van der Waals surface area contributed by atoms with Crippen LogP contribution in [0.4, 0.5) is 19.1 Å². The number of benzene rings is 1. The summed E-state index contributed by atoms with van der Waals surface area (Å²) in [5.74, 6) is 0.799. The average molecular weight is 552 g/mol. The van der Waals surface area contributed by atoms with Crippen molar-refractivity contribution in [1.29, 1.82) is 0 Å². The van der Waals surface area contributed by atoms with Gasteiger partial charge in [-0.25, -0.2) is 14.5 Å². The third-order valence-electron chi connectivity index (χ3n) is 5.27. The van der Waals surface area contributed by atoms with E-state index in [9.17, 15) is 23.1 Å². The molecule has 1 aromatic carbocycles. The van der Waals surface area contributed by atoms with E-state index in [0.717, 1.165) is 9.25 Å². The highest BCUT2D eigenvalue weighted by molar-refractivity contribution is 6.30. The fraction of sp³-hybridized carbons (Fsp3) is 0.348. The molecule has 4 N–H and O–H groups in total. The maximum absolute atomic E-state index is 13.2. The first kappa shape index (κ1) is 27.3. The van der Waals surface area contributed by atoms with E-state index in [1.54, 1.807) is 24.4 Å². The summed E-state index contributed by atoms with van der Waals surface area (Å²) in [5, 5.41) is 21.8. The topological polar surface area (TPSA) is 142 Å². The second-order valence-electron chi connectivity index (χ2n) is 9.23. The van der Waals surface area contributed by atoms with Gasteiger partial charge in [0.05, 0.1) is 6.54 Å². The van der Waals surface area contributed by atoms with Crippen molar-refractivity contribution in [3.05, 3.63) is 70.0 Å². The van der Waals surface area contributed by atoms with Crippen molar-refractivity contribution in [2.75, 3.05) is 11.9 Å². The predicted molar refractivity (Wildman–Crippen MR) is 134 cm³/mol. The molecule has 0 amide bonds. The number of rotatable bonds is 9. The first-order valence-corrected chi connectivity index (χ1v) is 11.8. The molecule has 3 heterocycles. The number of nitrogens with one attached hydrogen (secondary N) is 1. The van der Waals surface area contributed by atoms with Crippen molar-refractivity contribution in [3.8, 4) is 17.2 Å². The van der Waals surface area contributed by atoms with Gasteiger partial charge in [0.1, 0.15) is 6.54 Å². The lowest BCUT2D eigenvalue weighted by molar-refractivity contribution is -0.207. The zero-order chi connectivity index (χ0) is 27.7. The standard InChI is InChI=1S/C23H25ClF3N9O2/c1-22(2,28)13-30-20-31-17(32-36(20)18-5-3-4-10-29-18)12-35-21(38)34(11-16(37)23(25,26)27)19(33-35)14-6-8-15(24)9-7-14/h3-10,16,37H,11-13,28H2,1-2H3,(H,30,31,32). The van der Waals surface area contributed by atoms with Crippen LogP contribution in [0, 0.1) is 0 Å². The predicted octanol–water partition coefficient (Wildman–Crippen LogP) is 2.46. The van der Waals surface area contributed by atoms with Crippen molar-refractivity contribution >= 4 is 17.5 Å². The number of nitrogens with zero attached hydrogens (tertiary/aromatic N) is 7. The van der Waals surface area contributed by atoms with Crippen molar-refractivity contribution in [1.82, 2.24) is 34.1 Å². The second kappa shape index (κ2) is 10.6. The summed E-state index contributed by atoms with van der Waals surface area (Å²) in [7, 11) is 0. The minimum Gasteiger partial charge on any atom is -0.382 e. The Bertz CT molecular complexity index is 1440. The molecular formula is C23H25ClF3N9O2. The van der Waals surface area contributed by atoms with Gasteiger partial charge < -0.3 is 16.2 Å². The minimum absolute atomic E-state index is 0.0812. The number of halogens is 4. The van der Waals surface area contributed by atoms with Crippen LogP contribution < -0.4 is 16.7 Å². The smallest absolute Gasteiger partial charge is 0.382 e. The molecule has 0 aliphatic heterocycles.